The Morgan fingerprint density at radius 1 is 1.43 bits per heavy atom. The van der Waals surface area contributed by atoms with Crippen LogP contribution in [0.25, 0.3) is 0 Å². The van der Waals surface area contributed by atoms with Crippen LogP contribution in [0.3, 0.4) is 0 Å². The Kier molecular flexibility index (Phi) is 5.19. The number of amides is 1. The lowest BCUT2D eigenvalue weighted by Crippen LogP contribution is -2.50. The average Bonchev–Trinajstić information content (AvgIpc) is 2.47. The minimum atomic E-state index is -0.434. The highest BCUT2D eigenvalue weighted by molar-refractivity contribution is 8.00. The molecule has 0 radical (unpaired) electrons. The molecule has 2 rings (SSSR count). The molecular formula is C14H18N2O4S. The van der Waals surface area contributed by atoms with E-state index in [2.05, 4.69) is 0 Å². The summed E-state index contributed by atoms with van der Waals surface area (Å²) in [5.41, 5.74) is 0.0568. The number of nitro groups is 1. The summed E-state index contributed by atoms with van der Waals surface area (Å²) in [6.45, 7) is 5.10. The molecule has 0 aromatic heterocycles. The van der Waals surface area contributed by atoms with Crippen LogP contribution in [-0.2, 0) is 9.53 Å². The van der Waals surface area contributed by atoms with Gasteiger partial charge in [0.05, 0.1) is 29.4 Å². The predicted octanol–water partition coefficient (Wildman–Crippen LogP) is 2.32. The van der Waals surface area contributed by atoms with Gasteiger partial charge in [0, 0.05) is 23.6 Å². The van der Waals surface area contributed by atoms with E-state index in [0.29, 0.717) is 18.9 Å². The van der Waals surface area contributed by atoms with Crippen LogP contribution in [0, 0.1) is 10.1 Å². The third kappa shape index (κ3) is 4.18. The summed E-state index contributed by atoms with van der Waals surface area (Å²) in [7, 11) is 0. The lowest BCUT2D eigenvalue weighted by atomic mass is 10.2. The summed E-state index contributed by atoms with van der Waals surface area (Å²) >= 11 is 1.39. The third-order valence-corrected chi connectivity index (χ3v) is 4.33. The molecule has 1 aliphatic rings. The first-order valence-electron chi connectivity index (χ1n) is 6.75. The largest absolute Gasteiger partial charge is 0.375 e. The molecule has 1 heterocycles. The van der Waals surface area contributed by atoms with Crippen molar-refractivity contribution in [3.05, 3.63) is 34.4 Å². The molecule has 1 amide bonds. The van der Waals surface area contributed by atoms with E-state index < -0.39 is 4.92 Å². The molecular weight excluding hydrogens is 292 g/mol. The Hall–Kier alpha value is -1.60. The van der Waals surface area contributed by atoms with E-state index in [9.17, 15) is 14.9 Å². The Labute approximate surface area is 127 Å². The Morgan fingerprint density at radius 3 is 2.71 bits per heavy atom. The Morgan fingerprint density at radius 2 is 2.10 bits per heavy atom. The molecule has 114 valence electrons. The van der Waals surface area contributed by atoms with Crippen molar-refractivity contribution in [2.45, 2.75) is 30.9 Å². The van der Waals surface area contributed by atoms with Gasteiger partial charge in [-0.25, -0.2) is 0 Å². The van der Waals surface area contributed by atoms with Gasteiger partial charge in [-0.2, -0.15) is 0 Å². The number of morpholine rings is 1. The zero-order chi connectivity index (χ0) is 15.4. The molecule has 1 aromatic rings. The highest BCUT2D eigenvalue weighted by Gasteiger charge is 2.27. The van der Waals surface area contributed by atoms with Crippen molar-refractivity contribution in [3.63, 3.8) is 0 Å². The minimum absolute atomic E-state index is 0.0568. The topological polar surface area (TPSA) is 72.7 Å². The van der Waals surface area contributed by atoms with Gasteiger partial charge in [0.15, 0.2) is 0 Å². The number of hydrogen-bond acceptors (Lipinski definition) is 5. The lowest BCUT2D eigenvalue weighted by Gasteiger charge is -2.36. The van der Waals surface area contributed by atoms with E-state index >= 15 is 0 Å². The zero-order valence-corrected chi connectivity index (χ0v) is 12.8. The fraction of sp³-hybridized carbons (Fsp3) is 0.500. The maximum Gasteiger partial charge on any atom is 0.269 e. The Bertz CT molecular complexity index is 520. The summed E-state index contributed by atoms with van der Waals surface area (Å²) < 4.78 is 5.50. The fourth-order valence-electron chi connectivity index (χ4n) is 2.14. The monoisotopic (exact) mass is 310 g/mol. The minimum Gasteiger partial charge on any atom is -0.375 e. The van der Waals surface area contributed by atoms with Crippen molar-refractivity contribution in [2.75, 3.05) is 18.9 Å². The first kappa shape index (κ1) is 15.8. The van der Waals surface area contributed by atoms with Crippen LogP contribution >= 0.6 is 11.8 Å². The molecule has 1 aliphatic heterocycles. The maximum absolute atomic E-state index is 12.2. The second kappa shape index (κ2) is 6.91. The quantitative estimate of drug-likeness (QED) is 0.485. The summed E-state index contributed by atoms with van der Waals surface area (Å²) in [6, 6.07) is 6.33. The molecule has 2 atom stereocenters. The second-order valence-electron chi connectivity index (χ2n) is 5.08. The number of nitrogens with zero attached hydrogens (tertiary/aromatic N) is 2. The fourth-order valence-corrected chi connectivity index (χ4v) is 2.93. The van der Waals surface area contributed by atoms with Crippen LogP contribution in [0.4, 0.5) is 5.69 Å². The smallest absolute Gasteiger partial charge is 0.269 e. The van der Waals surface area contributed by atoms with Gasteiger partial charge in [0.1, 0.15) is 0 Å². The van der Waals surface area contributed by atoms with Crippen LogP contribution in [0.15, 0.2) is 29.2 Å². The molecule has 0 N–H and O–H groups in total. The first-order valence-corrected chi connectivity index (χ1v) is 7.74. The molecule has 6 nitrogen and oxygen atoms in total. The summed E-state index contributed by atoms with van der Waals surface area (Å²) in [5, 5.41) is 10.6. The zero-order valence-electron chi connectivity index (χ0n) is 12.0. The molecule has 0 spiro atoms. The van der Waals surface area contributed by atoms with Crippen LogP contribution in [0.2, 0.25) is 0 Å². The van der Waals surface area contributed by atoms with E-state index in [1.807, 2.05) is 18.7 Å². The second-order valence-corrected chi connectivity index (χ2v) is 6.13. The number of ether oxygens (including phenoxy) is 1. The normalized spacial score (nSPS) is 22.1. The molecule has 0 bridgehead atoms. The van der Waals surface area contributed by atoms with E-state index in [1.165, 1.54) is 23.9 Å². The summed E-state index contributed by atoms with van der Waals surface area (Å²) in [5.74, 6) is 0.399. The van der Waals surface area contributed by atoms with Crippen molar-refractivity contribution < 1.29 is 14.5 Å². The van der Waals surface area contributed by atoms with Gasteiger partial charge < -0.3 is 9.64 Å². The molecule has 21 heavy (non-hydrogen) atoms. The molecule has 7 heteroatoms. The van der Waals surface area contributed by atoms with Crippen molar-refractivity contribution >= 4 is 23.4 Å². The van der Waals surface area contributed by atoms with Gasteiger partial charge in [-0.05, 0) is 26.0 Å². The van der Waals surface area contributed by atoms with E-state index in [0.717, 1.165) is 4.90 Å². The Balaban J connectivity index is 1.89. The van der Waals surface area contributed by atoms with Crippen LogP contribution in [0.1, 0.15) is 13.8 Å². The molecule has 1 saturated heterocycles. The third-order valence-electron chi connectivity index (χ3n) is 3.34. The van der Waals surface area contributed by atoms with Gasteiger partial charge in [0.25, 0.3) is 5.69 Å². The molecule has 0 aliphatic carbocycles. The van der Waals surface area contributed by atoms with Crippen molar-refractivity contribution in [2.24, 2.45) is 0 Å². The van der Waals surface area contributed by atoms with Gasteiger partial charge in [-0.3, -0.25) is 14.9 Å². The average molecular weight is 310 g/mol. The number of carbonyl (C=O) groups excluding carboxylic acids is 1. The van der Waals surface area contributed by atoms with Gasteiger partial charge >= 0.3 is 0 Å². The number of carbonyl (C=O) groups is 1. The SMILES string of the molecule is CC1CN(C(=O)CSc2ccc([N+](=O)[O-])cc2)C(C)CO1. The van der Waals surface area contributed by atoms with Gasteiger partial charge in [-0.15, -0.1) is 11.8 Å². The molecule has 0 saturated carbocycles. The number of benzene rings is 1. The van der Waals surface area contributed by atoms with Crippen molar-refractivity contribution in [3.8, 4) is 0 Å². The van der Waals surface area contributed by atoms with Crippen molar-refractivity contribution in [1.82, 2.24) is 4.90 Å². The van der Waals surface area contributed by atoms with Gasteiger partial charge in [-0.1, -0.05) is 0 Å². The van der Waals surface area contributed by atoms with Crippen LogP contribution in [0.5, 0.6) is 0 Å². The molecule has 2 unspecified atom stereocenters. The standard InChI is InChI=1S/C14H18N2O4S/c1-10-8-20-11(2)7-15(10)14(17)9-21-13-5-3-12(4-6-13)16(18)19/h3-6,10-11H,7-9H2,1-2H3. The van der Waals surface area contributed by atoms with Crippen molar-refractivity contribution in [1.29, 1.82) is 0 Å². The summed E-state index contributed by atoms with van der Waals surface area (Å²) in [4.78, 5) is 25.1. The lowest BCUT2D eigenvalue weighted by molar-refractivity contribution is -0.384. The first-order chi connectivity index (χ1) is 9.97. The maximum atomic E-state index is 12.2. The number of nitro benzene ring substituents is 1. The number of thioether (sulfide) groups is 1. The predicted molar refractivity (Wildman–Crippen MR) is 80.4 cm³/mol. The summed E-state index contributed by atoms with van der Waals surface area (Å²) in [6.07, 6.45) is 0.0644. The van der Waals surface area contributed by atoms with Gasteiger partial charge in [0.2, 0.25) is 5.91 Å². The van der Waals surface area contributed by atoms with Crippen LogP contribution < -0.4 is 0 Å². The highest BCUT2D eigenvalue weighted by Crippen LogP contribution is 2.22. The van der Waals surface area contributed by atoms with Crippen LogP contribution in [-0.4, -0.2) is 46.8 Å². The number of non-ortho nitro benzene ring substituents is 1. The molecule has 1 fully saturated rings. The number of hydrogen-bond donors (Lipinski definition) is 0. The number of rotatable bonds is 4. The molecule has 1 aromatic carbocycles. The highest BCUT2D eigenvalue weighted by atomic mass is 32.2. The van der Waals surface area contributed by atoms with E-state index in [-0.39, 0.29) is 23.7 Å². The van der Waals surface area contributed by atoms with E-state index in [1.54, 1.807) is 12.1 Å². The van der Waals surface area contributed by atoms with E-state index in [4.69, 9.17) is 4.74 Å².